The lowest BCUT2D eigenvalue weighted by atomic mass is 9.99. The topological polar surface area (TPSA) is 42.0 Å². The number of rotatable bonds is 8. The Balaban J connectivity index is 1.90. The van der Waals surface area contributed by atoms with Crippen molar-refractivity contribution in [3.05, 3.63) is 64.6 Å². The molecule has 2 aromatic carbocycles. The predicted molar refractivity (Wildman–Crippen MR) is 121 cm³/mol. The first-order chi connectivity index (χ1) is 13.6. The molecule has 0 radical (unpaired) electrons. The lowest BCUT2D eigenvalue weighted by Crippen LogP contribution is -2.29. The number of pyridine rings is 1. The molecule has 1 heterocycles. The van der Waals surface area contributed by atoms with Gasteiger partial charge in [-0.1, -0.05) is 79.4 Å². The van der Waals surface area contributed by atoms with Crippen molar-refractivity contribution in [3.8, 4) is 11.3 Å². The van der Waals surface area contributed by atoms with Gasteiger partial charge in [0.2, 0.25) is 0 Å². The monoisotopic (exact) mass is 438 g/mol. The van der Waals surface area contributed by atoms with Gasteiger partial charge in [0, 0.05) is 22.0 Å². The molecule has 1 unspecified atom stereocenters. The third kappa shape index (κ3) is 4.99. The van der Waals surface area contributed by atoms with Crippen LogP contribution >= 0.6 is 15.9 Å². The van der Waals surface area contributed by atoms with Gasteiger partial charge >= 0.3 is 0 Å². The van der Waals surface area contributed by atoms with E-state index in [0.717, 1.165) is 46.0 Å². The summed E-state index contributed by atoms with van der Waals surface area (Å²) in [4.78, 5) is 17.8. The molecule has 1 N–H and O–H groups in total. The van der Waals surface area contributed by atoms with Gasteiger partial charge in [0.15, 0.2) is 0 Å². The molecule has 0 saturated heterocycles. The van der Waals surface area contributed by atoms with Crippen LogP contribution in [-0.4, -0.2) is 17.4 Å². The Kier molecular flexibility index (Phi) is 7.21. The number of carbonyl (C=O) groups is 1. The Labute approximate surface area is 175 Å². The highest BCUT2D eigenvalue weighted by Gasteiger charge is 2.15. The van der Waals surface area contributed by atoms with E-state index >= 15 is 0 Å². The van der Waals surface area contributed by atoms with Crippen molar-refractivity contribution in [2.75, 3.05) is 6.54 Å². The molecule has 28 heavy (non-hydrogen) atoms. The summed E-state index contributed by atoms with van der Waals surface area (Å²) in [5.41, 5.74) is 3.34. The van der Waals surface area contributed by atoms with Crippen LogP contribution in [0, 0.1) is 5.92 Å². The van der Waals surface area contributed by atoms with Crippen LogP contribution in [0.2, 0.25) is 0 Å². The molecule has 3 nitrogen and oxygen atoms in total. The highest BCUT2D eigenvalue weighted by molar-refractivity contribution is 9.10. The summed E-state index contributed by atoms with van der Waals surface area (Å²) in [5, 5.41) is 4.06. The minimum atomic E-state index is -0.0214. The lowest BCUT2D eigenvalue weighted by Gasteiger charge is -2.16. The number of nitrogens with zero attached hydrogens (tertiary/aromatic N) is 1. The summed E-state index contributed by atoms with van der Waals surface area (Å²) >= 11 is 3.47. The quantitative estimate of drug-likeness (QED) is 0.429. The Morgan fingerprint density at radius 1 is 1.11 bits per heavy atom. The first-order valence-electron chi connectivity index (χ1n) is 10.1. The van der Waals surface area contributed by atoms with E-state index < -0.39 is 0 Å². The van der Waals surface area contributed by atoms with Crippen molar-refractivity contribution >= 4 is 32.7 Å². The van der Waals surface area contributed by atoms with Crippen LogP contribution < -0.4 is 5.32 Å². The Morgan fingerprint density at radius 2 is 1.86 bits per heavy atom. The molecule has 4 heteroatoms. The molecule has 0 aliphatic carbocycles. The summed E-state index contributed by atoms with van der Waals surface area (Å²) in [6.45, 7) is 5.12. The van der Waals surface area contributed by atoms with E-state index in [9.17, 15) is 4.79 Å². The van der Waals surface area contributed by atoms with Gasteiger partial charge < -0.3 is 5.32 Å². The minimum Gasteiger partial charge on any atom is -0.352 e. The average molecular weight is 439 g/mol. The number of amides is 1. The van der Waals surface area contributed by atoms with Crippen LogP contribution in [0.1, 0.15) is 49.9 Å². The Hall–Kier alpha value is -2.20. The van der Waals surface area contributed by atoms with Gasteiger partial charge in [-0.15, -0.1) is 0 Å². The zero-order chi connectivity index (χ0) is 19.9. The van der Waals surface area contributed by atoms with E-state index in [1.165, 1.54) is 12.8 Å². The largest absolute Gasteiger partial charge is 0.352 e. The highest BCUT2D eigenvalue weighted by atomic mass is 79.9. The highest BCUT2D eigenvalue weighted by Crippen LogP contribution is 2.26. The molecule has 0 saturated carbocycles. The van der Waals surface area contributed by atoms with Gasteiger partial charge in [0.1, 0.15) is 0 Å². The number of halogens is 1. The third-order valence-electron chi connectivity index (χ3n) is 5.20. The fourth-order valence-corrected chi connectivity index (χ4v) is 3.67. The van der Waals surface area contributed by atoms with E-state index in [-0.39, 0.29) is 5.91 Å². The smallest absolute Gasteiger partial charge is 0.252 e. The molecule has 0 aliphatic heterocycles. The third-order valence-corrected chi connectivity index (χ3v) is 5.72. The maximum Gasteiger partial charge on any atom is 0.252 e. The van der Waals surface area contributed by atoms with Crippen LogP contribution in [-0.2, 0) is 0 Å². The van der Waals surface area contributed by atoms with Crippen molar-refractivity contribution in [1.82, 2.24) is 10.3 Å². The van der Waals surface area contributed by atoms with E-state index in [1.54, 1.807) is 0 Å². The Morgan fingerprint density at radius 3 is 2.57 bits per heavy atom. The second-order valence-electron chi connectivity index (χ2n) is 7.21. The fraction of sp³-hybridized carbons (Fsp3) is 0.333. The Bertz CT molecular complexity index is 937. The SMILES string of the molecule is CCCCC(CC)CNC(=O)c1cc(-c2ccc(Br)cc2)nc2ccccc12. The van der Waals surface area contributed by atoms with Gasteiger partial charge in [-0.3, -0.25) is 4.79 Å². The van der Waals surface area contributed by atoms with Crippen molar-refractivity contribution < 1.29 is 4.79 Å². The van der Waals surface area contributed by atoms with Gasteiger partial charge in [-0.05, 0) is 36.6 Å². The number of nitrogens with one attached hydrogen (secondary N) is 1. The van der Waals surface area contributed by atoms with E-state index in [4.69, 9.17) is 4.98 Å². The van der Waals surface area contributed by atoms with Gasteiger partial charge in [0.05, 0.1) is 16.8 Å². The van der Waals surface area contributed by atoms with E-state index in [1.807, 2.05) is 54.6 Å². The van der Waals surface area contributed by atoms with Crippen LogP contribution in [0.5, 0.6) is 0 Å². The zero-order valence-electron chi connectivity index (χ0n) is 16.5. The molecule has 0 spiro atoms. The van der Waals surface area contributed by atoms with Crippen molar-refractivity contribution in [3.63, 3.8) is 0 Å². The van der Waals surface area contributed by atoms with Crippen LogP contribution in [0.4, 0.5) is 0 Å². The molecule has 0 aliphatic rings. The summed E-state index contributed by atoms with van der Waals surface area (Å²) in [6.07, 6.45) is 4.65. The number of aromatic nitrogens is 1. The predicted octanol–water partition coefficient (Wildman–Crippen LogP) is 6.61. The number of benzene rings is 2. The van der Waals surface area contributed by atoms with Crippen LogP contribution in [0.25, 0.3) is 22.2 Å². The van der Waals surface area contributed by atoms with Gasteiger partial charge in [-0.25, -0.2) is 4.98 Å². The van der Waals surface area contributed by atoms with Crippen molar-refractivity contribution in [2.24, 2.45) is 5.92 Å². The molecule has 0 fully saturated rings. The number of carbonyl (C=O) groups excluding carboxylic acids is 1. The maximum atomic E-state index is 13.0. The number of fused-ring (bicyclic) bond motifs is 1. The summed E-state index contributed by atoms with van der Waals surface area (Å²) < 4.78 is 1.02. The number of para-hydroxylation sites is 1. The van der Waals surface area contributed by atoms with E-state index in [0.29, 0.717) is 11.5 Å². The summed E-state index contributed by atoms with van der Waals surface area (Å²) in [6, 6.07) is 17.8. The van der Waals surface area contributed by atoms with E-state index in [2.05, 4.69) is 35.1 Å². The molecule has 1 aromatic heterocycles. The van der Waals surface area contributed by atoms with Gasteiger partial charge in [-0.2, -0.15) is 0 Å². The molecule has 3 rings (SSSR count). The number of hydrogen-bond donors (Lipinski definition) is 1. The van der Waals surface area contributed by atoms with Crippen molar-refractivity contribution in [2.45, 2.75) is 39.5 Å². The molecule has 1 atom stereocenters. The fourth-order valence-electron chi connectivity index (χ4n) is 3.41. The normalized spacial score (nSPS) is 12.1. The molecule has 3 aromatic rings. The maximum absolute atomic E-state index is 13.0. The zero-order valence-corrected chi connectivity index (χ0v) is 18.1. The average Bonchev–Trinajstić information content (AvgIpc) is 2.73. The molecule has 146 valence electrons. The molecular weight excluding hydrogens is 412 g/mol. The summed E-state index contributed by atoms with van der Waals surface area (Å²) in [7, 11) is 0. The number of hydrogen-bond acceptors (Lipinski definition) is 2. The summed E-state index contributed by atoms with van der Waals surface area (Å²) in [5.74, 6) is 0.509. The number of unbranched alkanes of at least 4 members (excludes halogenated alkanes) is 1. The minimum absolute atomic E-state index is 0.0214. The van der Waals surface area contributed by atoms with Crippen LogP contribution in [0.15, 0.2) is 59.1 Å². The standard InChI is InChI=1S/C24H27BrN2O/c1-3-5-8-17(4-2)16-26-24(28)21-15-23(18-11-13-19(25)14-12-18)27-22-10-7-6-9-20(21)22/h6-7,9-15,17H,3-5,8,16H2,1-2H3,(H,26,28). The van der Waals surface area contributed by atoms with Crippen molar-refractivity contribution in [1.29, 1.82) is 0 Å². The van der Waals surface area contributed by atoms with Crippen LogP contribution in [0.3, 0.4) is 0 Å². The lowest BCUT2D eigenvalue weighted by molar-refractivity contribution is 0.0947. The first kappa shape index (κ1) is 20.5. The molecule has 0 bridgehead atoms. The first-order valence-corrected chi connectivity index (χ1v) is 10.9. The van der Waals surface area contributed by atoms with Gasteiger partial charge in [0.25, 0.3) is 5.91 Å². The second kappa shape index (κ2) is 9.83. The molecule has 1 amide bonds. The molecular formula is C24H27BrN2O. The second-order valence-corrected chi connectivity index (χ2v) is 8.12.